The molecule has 0 radical (unpaired) electrons. The minimum Gasteiger partial charge on any atom is -0.487 e. The largest absolute Gasteiger partial charge is 0.487 e. The first kappa shape index (κ1) is 13.1. The third kappa shape index (κ3) is 3.58. The Bertz CT molecular complexity index is 537. The number of nitrogens with one attached hydrogen (secondary N) is 1. The Kier molecular flexibility index (Phi) is 4.18. The van der Waals surface area contributed by atoms with Crippen LogP contribution in [0.25, 0.3) is 0 Å². The van der Waals surface area contributed by atoms with Crippen LogP contribution in [-0.2, 0) is 0 Å². The number of carbonyl (C=O) groups is 1. The van der Waals surface area contributed by atoms with Gasteiger partial charge in [-0.25, -0.2) is 0 Å². The van der Waals surface area contributed by atoms with Crippen LogP contribution in [0.5, 0.6) is 5.75 Å². The Morgan fingerprint density at radius 1 is 1.53 bits per heavy atom. The molecule has 5 nitrogen and oxygen atoms in total. The smallest absolute Gasteiger partial charge is 0.287 e. The second-order valence-corrected chi connectivity index (χ2v) is 4.26. The summed E-state index contributed by atoms with van der Waals surface area (Å²) in [6.45, 7) is 4.10. The fraction of sp³-hybridized carbons (Fsp3) is 0.286. The molecule has 0 fully saturated rings. The molecule has 0 saturated heterocycles. The van der Waals surface area contributed by atoms with Crippen molar-refractivity contribution in [3.05, 3.63) is 48.2 Å². The molecule has 0 unspecified atom stereocenters. The van der Waals surface area contributed by atoms with Crippen molar-refractivity contribution in [2.75, 3.05) is 6.54 Å². The Balaban J connectivity index is 1.82. The molecule has 1 atom stereocenters. The fourth-order valence-corrected chi connectivity index (χ4v) is 1.61. The summed E-state index contributed by atoms with van der Waals surface area (Å²) in [4.78, 5) is 15.8. The molecule has 2 rings (SSSR count). The van der Waals surface area contributed by atoms with Gasteiger partial charge in [0, 0.05) is 11.8 Å². The van der Waals surface area contributed by atoms with Gasteiger partial charge in [0.15, 0.2) is 5.76 Å². The average Bonchev–Trinajstić information content (AvgIpc) is 2.83. The van der Waals surface area contributed by atoms with E-state index in [4.69, 9.17) is 9.15 Å². The highest BCUT2D eigenvalue weighted by atomic mass is 16.5. The van der Waals surface area contributed by atoms with Gasteiger partial charge in [-0.05, 0) is 32.0 Å². The molecule has 1 N–H and O–H groups in total. The summed E-state index contributed by atoms with van der Waals surface area (Å²) in [6, 6.07) is 5.37. The Morgan fingerprint density at radius 3 is 3.00 bits per heavy atom. The van der Waals surface area contributed by atoms with E-state index in [0.29, 0.717) is 18.1 Å². The van der Waals surface area contributed by atoms with Crippen LogP contribution >= 0.6 is 0 Å². The first-order valence-corrected chi connectivity index (χ1v) is 6.06. The molecule has 0 spiro atoms. The third-order valence-electron chi connectivity index (χ3n) is 2.59. The molecule has 0 saturated carbocycles. The lowest BCUT2D eigenvalue weighted by Gasteiger charge is -2.14. The molecule has 100 valence electrons. The van der Waals surface area contributed by atoms with E-state index in [1.165, 1.54) is 6.26 Å². The molecule has 2 aromatic rings. The summed E-state index contributed by atoms with van der Waals surface area (Å²) in [5.41, 5.74) is 0.818. The summed E-state index contributed by atoms with van der Waals surface area (Å²) < 4.78 is 10.7. The SMILES string of the molecule is Cc1ccoc1C(=O)NC[C@@H](C)Oc1cccnc1. The second-order valence-electron chi connectivity index (χ2n) is 4.26. The Hall–Kier alpha value is -2.30. The maximum Gasteiger partial charge on any atom is 0.287 e. The van der Waals surface area contributed by atoms with E-state index < -0.39 is 0 Å². The van der Waals surface area contributed by atoms with Crippen LogP contribution < -0.4 is 10.1 Å². The van der Waals surface area contributed by atoms with Crippen molar-refractivity contribution in [3.63, 3.8) is 0 Å². The zero-order valence-corrected chi connectivity index (χ0v) is 10.9. The minimum absolute atomic E-state index is 0.150. The lowest BCUT2D eigenvalue weighted by Crippen LogP contribution is -2.33. The van der Waals surface area contributed by atoms with Crippen molar-refractivity contribution >= 4 is 5.91 Å². The van der Waals surface area contributed by atoms with E-state index in [2.05, 4.69) is 10.3 Å². The van der Waals surface area contributed by atoms with Gasteiger partial charge in [0.05, 0.1) is 19.0 Å². The van der Waals surface area contributed by atoms with Crippen molar-refractivity contribution in [1.29, 1.82) is 0 Å². The standard InChI is InChI=1S/C14H16N2O3/c1-10-5-7-18-13(10)14(17)16-8-11(2)19-12-4-3-6-15-9-12/h3-7,9,11H,8H2,1-2H3,(H,16,17)/t11-/m1/s1. The lowest BCUT2D eigenvalue weighted by molar-refractivity contribution is 0.0903. The van der Waals surface area contributed by atoms with Crippen molar-refractivity contribution in [3.8, 4) is 5.75 Å². The molecule has 5 heteroatoms. The highest BCUT2D eigenvalue weighted by Crippen LogP contribution is 2.10. The van der Waals surface area contributed by atoms with Crippen LogP contribution in [0.15, 0.2) is 41.3 Å². The Labute approximate surface area is 111 Å². The zero-order chi connectivity index (χ0) is 13.7. The normalized spacial score (nSPS) is 11.9. The minimum atomic E-state index is -0.232. The maximum atomic E-state index is 11.8. The zero-order valence-electron chi connectivity index (χ0n) is 10.9. The van der Waals surface area contributed by atoms with Crippen molar-refractivity contribution in [1.82, 2.24) is 10.3 Å². The number of carbonyl (C=O) groups excluding carboxylic acids is 1. The number of hydrogen-bond donors (Lipinski definition) is 1. The number of ether oxygens (including phenoxy) is 1. The second kappa shape index (κ2) is 6.04. The molecule has 1 amide bonds. The van der Waals surface area contributed by atoms with Crippen molar-refractivity contribution in [2.45, 2.75) is 20.0 Å². The fourth-order valence-electron chi connectivity index (χ4n) is 1.61. The first-order chi connectivity index (χ1) is 9.16. The quantitative estimate of drug-likeness (QED) is 0.895. The summed E-state index contributed by atoms with van der Waals surface area (Å²) >= 11 is 0. The molecule has 2 heterocycles. The van der Waals surface area contributed by atoms with E-state index >= 15 is 0 Å². The van der Waals surface area contributed by atoms with Crippen LogP contribution in [0.4, 0.5) is 0 Å². The number of rotatable bonds is 5. The number of aryl methyl sites for hydroxylation is 1. The van der Waals surface area contributed by atoms with E-state index in [0.717, 1.165) is 5.56 Å². The number of amides is 1. The molecule has 0 aliphatic rings. The molecule has 0 bridgehead atoms. The van der Waals surface area contributed by atoms with Crippen LogP contribution in [0.3, 0.4) is 0 Å². The predicted octanol–water partition coefficient (Wildman–Crippen LogP) is 2.18. The Morgan fingerprint density at radius 2 is 2.37 bits per heavy atom. The topological polar surface area (TPSA) is 64.4 Å². The van der Waals surface area contributed by atoms with Gasteiger partial charge < -0.3 is 14.5 Å². The van der Waals surface area contributed by atoms with Gasteiger partial charge >= 0.3 is 0 Å². The summed E-state index contributed by atoms with van der Waals surface area (Å²) in [5, 5.41) is 2.77. The van der Waals surface area contributed by atoms with Gasteiger partial charge in [0.1, 0.15) is 11.9 Å². The monoisotopic (exact) mass is 260 g/mol. The molecule has 0 aliphatic carbocycles. The van der Waals surface area contributed by atoms with Gasteiger partial charge in [0.25, 0.3) is 5.91 Å². The van der Waals surface area contributed by atoms with E-state index in [1.807, 2.05) is 19.9 Å². The maximum absolute atomic E-state index is 11.8. The van der Waals surface area contributed by atoms with Crippen LogP contribution in [0.2, 0.25) is 0 Å². The molecule has 0 aromatic carbocycles. The molecule has 2 aromatic heterocycles. The lowest BCUT2D eigenvalue weighted by atomic mass is 10.2. The molecular formula is C14H16N2O3. The van der Waals surface area contributed by atoms with Gasteiger partial charge in [0.2, 0.25) is 0 Å². The van der Waals surface area contributed by atoms with E-state index in [1.54, 1.807) is 24.5 Å². The van der Waals surface area contributed by atoms with Gasteiger partial charge in [-0.15, -0.1) is 0 Å². The highest BCUT2D eigenvalue weighted by Gasteiger charge is 2.13. The summed E-state index contributed by atoms with van der Waals surface area (Å²) in [6.07, 6.45) is 4.66. The highest BCUT2D eigenvalue weighted by molar-refractivity contribution is 5.92. The summed E-state index contributed by atoms with van der Waals surface area (Å²) in [7, 11) is 0. The number of hydrogen-bond acceptors (Lipinski definition) is 4. The molecule has 0 aliphatic heterocycles. The van der Waals surface area contributed by atoms with Crippen LogP contribution in [0, 0.1) is 6.92 Å². The number of aromatic nitrogens is 1. The number of pyridine rings is 1. The van der Waals surface area contributed by atoms with Crippen LogP contribution in [0.1, 0.15) is 23.0 Å². The van der Waals surface area contributed by atoms with E-state index in [-0.39, 0.29) is 12.0 Å². The molecular weight excluding hydrogens is 244 g/mol. The van der Waals surface area contributed by atoms with Crippen molar-refractivity contribution in [2.24, 2.45) is 0 Å². The van der Waals surface area contributed by atoms with Gasteiger partial charge in [-0.2, -0.15) is 0 Å². The van der Waals surface area contributed by atoms with Gasteiger partial charge in [-0.3, -0.25) is 9.78 Å². The van der Waals surface area contributed by atoms with E-state index in [9.17, 15) is 4.79 Å². The number of furan rings is 1. The predicted molar refractivity (Wildman–Crippen MR) is 70.1 cm³/mol. The third-order valence-corrected chi connectivity index (χ3v) is 2.59. The van der Waals surface area contributed by atoms with Crippen LogP contribution in [-0.4, -0.2) is 23.5 Å². The molecule has 19 heavy (non-hydrogen) atoms. The average molecular weight is 260 g/mol. The van der Waals surface area contributed by atoms with Crippen molar-refractivity contribution < 1.29 is 13.9 Å². The summed E-state index contributed by atoms with van der Waals surface area (Å²) in [5.74, 6) is 0.788. The van der Waals surface area contributed by atoms with Gasteiger partial charge in [-0.1, -0.05) is 0 Å². The number of nitrogens with zero attached hydrogens (tertiary/aromatic N) is 1. The first-order valence-electron chi connectivity index (χ1n) is 6.06.